The summed E-state index contributed by atoms with van der Waals surface area (Å²) in [5.41, 5.74) is -1.62. The number of nitrogens with zero attached hydrogens (tertiary/aromatic N) is 3. The summed E-state index contributed by atoms with van der Waals surface area (Å²) in [6, 6.07) is 3.33. The number of ether oxygens (including phenoxy) is 2. The van der Waals surface area contributed by atoms with Crippen molar-refractivity contribution in [2.75, 3.05) is 14.1 Å². The molecule has 1 unspecified atom stereocenters. The maximum absolute atomic E-state index is 14.8. The number of amides is 4. The molecule has 57 heavy (non-hydrogen) atoms. The summed E-state index contributed by atoms with van der Waals surface area (Å²) in [5, 5.41) is 16.1. The van der Waals surface area contributed by atoms with Crippen LogP contribution in [0, 0.1) is 11.3 Å². The van der Waals surface area contributed by atoms with Crippen molar-refractivity contribution in [1.29, 1.82) is 0 Å². The van der Waals surface area contributed by atoms with Crippen LogP contribution < -0.4 is 10.6 Å². The van der Waals surface area contributed by atoms with Gasteiger partial charge in [0.05, 0.1) is 12.5 Å². The molecule has 318 valence electrons. The first-order chi connectivity index (χ1) is 25.8. The number of para-hydroxylation sites is 1. The number of rotatable bonds is 14. The molecule has 4 amide bonds. The highest BCUT2D eigenvalue weighted by atomic mass is 16.6. The number of carboxylic acids is 1. The lowest BCUT2D eigenvalue weighted by Gasteiger charge is -2.42. The number of hydrogen-bond acceptors (Lipinski definition) is 8. The van der Waals surface area contributed by atoms with Crippen molar-refractivity contribution < 1.29 is 43.3 Å². The first-order valence-corrected chi connectivity index (χ1v) is 19.3. The van der Waals surface area contributed by atoms with Crippen LogP contribution in [-0.4, -0.2) is 105 Å². The summed E-state index contributed by atoms with van der Waals surface area (Å²) in [6.07, 6.45) is 2.23. The van der Waals surface area contributed by atoms with Gasteiger partial charge in [-0.1, -0.05) is 72.7 Å². The predicted octanol–water partition coefficient (Wildman–Crippen LogP) is 5.95. The van der Waals surface area contributed by atoms with Crippen molar-refractivity contribution in [2.24, 2.45) is 18.4 Å². The third kappa shape index (κ3) is 12.8. The number of hydrogen-bond donors (Lipinski definition) is 3. The quantitative estimate of drug-likeness (QED) is 0.154. The highest BCUT2D eigenvalue weighted by Gasteiger charge is 2.47. The monoisotopic (exact) mass is 797 g/mol. The number of nitrogens with one attached hydrogen (secondary N) is 2. The van der Waals surface area contributed by atoms with Crippen molar-refractivity contribution in [1.82, 2.24) is 25.0 Å². The van der Waals surface area contributed by atoms with E-state index in [4.69, 9.17) is 9.47 Å². The maximum Gasteiger partial charge on any atom is 0.410 e. The number of carbonyl (C=O) groups excluding carboxylic acids is 5. The normalized spacial score (nSPS) is 14.9. The zero-order valence-corrected chi connectivity index (χ0v) is 37.1. The summed E-state index contributed by atoms with van der Waals surface area (Å²) in [6.45, 7) is 24.6. The molecule has 14 heteroatoms. The first-order valence-electron chi connectivity index (χ1n) is 19.3. The van der Waals surface area contributed by atoms with Gasteiger partial charge in [0.2, 0.25) is 17.7 Å². The van der Waals surface area contributed by atoms with E-state index in [0.717, 1.165) is 16.5 Å². The van der Waals surface area contributed by atoms with Gasteiger partial charge in [0.15, 0.2) is 0 Å². The molecule has 0 saturated heterocycles. The predicted molar refractivity (Wildman–Crippen MR) is 220 cm³/mol. The SMILES string of the molecule is C/C(=C\[C@H](C(C)C)N(C)C(=O)C(NC(=O)[C@@H](N(C)C(=O)OC(C)(C)C)C(C)(C)c1cn(C)c2ccccc12)C(C)(C)C)C(=O)N[C@@H](CC(=O)OC(C)(C)C)C(=O)O. The summed E-state index contributed by atoms with van der Waals surface area (Å²) in [7, 11) is 5.01. The van der Waals surface area contributed by atoms with Crippen LogP contribution in [0.15, 0.2) is 42.1 Å². The Morgan fingerprint density at radius 1 is 0.842 bits per heavy atom. The lowest BCUT2D eigenvalue weighted by atomic mass is 9.76. The van der Waals surface area contributed by atoms with Crippen molar-refractivity contribution in [3.05, 3.63) is 47.7 Å². The molecule has 0 bridgehead atoms. The van der Waals surface area contributed by atoms with E-state index >= 15 is 0 Å². The van der Waals surface area contributed by atoms with E-state index < -0.39 is 88.4 Å². The molecular weight excluding hydrogens is 730 g/mol. The minimum atomic E-state index is -1.54. The molecule has 0 fully saturated rings. The molecule has 4 atom stereocenters. The molecule has 1 aromatic heterocycles. The Kier molecular flexibility index (Phi) is 15.4. The van der Waals surface area contributed by atoms with Crippen LogP contribution in [0.25, 0.3) is 10.9 Å². The molecule has 14 nitrogen and oxygen atoms in total. The Bertz CT molecular complexity index is 1840. The van der Waals surface area contributed by atoms with Crippen LogP contribution in [0.3, 0.4) is 0 Å². The number of esters is 1. The lowest BCUT2D eigenvalue weighted by molar-refractivity contribution is -0.158. The average molecular weight is 798 g/mol. The number of aliphatic carboxylic acids is 1. The molecular formula is C43H67N5O9. The smallest absolute Gasteiger partial charge is 0.410 e. The molecule has 2 aromatic rings. The molecule has 0 spiro atoms. The number of carboxylic acid groups (broad SMARTS) is 1. The van der Waals surface area contributed by atoms with Crippen molar-refractivity contribution in [3.8, 4) is 0 Å². The molecule has 1 heterocycles. The van der Waals surface area contributed by atoms with Gasteiger partial charge >= 0.3 is 18.0 Å². The Morgan fingerprint density at radius 3 is 1.88 bits per heavy atom. The van der Waals surface area contributed by atoms with Crippen LogP contribution >= 0.6 is 0 Å². The second-order valence-corrected chi connectivity index (χ2v) is 18.9. The number of carbonyl (C=O) groups is 6. The summed E-state index contributed by atoms with van der Waals surface area (Å²) in [4.78, 5) is 83.4. The number of benzene rings is 1. The van der Waals surface area contributed by atoms with Gasteiger partial charge < -0.3 is 34.7 Å². The molecule has 0 aliphatic heterocycles. The second-order valence-electron chi connectivity index (χ2n) is 18.9. The van der Waals surface area contributed by atoms with Crippen LogP contribution in [0.5, 0.6) is 0 Å². The third-order valence-electron chi connectivity index (χ3n) is 9.64. The largest absolute Gasteiger partial charge is 0.480 e. The summed E-state index contributed by atoms with van der Waals surface area (Å²) in [5.74, 6) is -4.17. The van der Waals surface area contributed by atoms with E-state index in [9.17, 15) is 33.9 Å². The molecule has 3 N–H and O–H groups in total. The first kappa shape index (κ1) is 48.3. The average Bonchev–Trinajstić information content (AvgIpc) is 3.39. The number of likely N-dealkylation sites (N-methyl/N-ethyl adjacent to an activating group) is 2. The van der Waals surface area contributed by atoms with Crippen LogP contribution in [0.4, 0.5) is 4.79 Å². The van der Waals surface area contributed by atoms with Crippen LogP contribution in [-0.2, 0) is 45.9 Å². The molecule has 2 rings (SSSR count). The standard InChI is InChI=1S/C43H67N5O9/c1-25(2)31(22-26(3)35(50)44-29(38(53)54)23-32(49)56-41(7,8)9)47(16)37(52)33(40(4,5)6)45-36(51)34(48(17)39(55)57-42(10,11)12)43(13,14)28-24-46(15)30-21-19-18-20-27(28)30/h18-22,24-25,29,31,33-34H,23H2,1-17H3,(H,44,50)(H,45,51)(H,53,54)/b26-22+/t29-,31+,33?,34+/m0/s1. The Morgan fingerprint density at radius 2 is 1.39 bits per heavy atom. The van der Waals surface area contributed by atoms with E-state index in [0.29, 0.717) is 0 Å². The van der Waals surface area contributed by atoms with E-state index in [2.05, 4.69) is 10.6 Å². The third-order valence-corrected chi connectivity index (χ3v) is 9.64. The van der Waals surface area contributed by atoms with Crippen molar-refractivity contribution in [3.63, 3.8) is 0 Å². The Balaban J connectivity index is 2.55. The van der Waals surface area contributed by atoms with Gasteiger partial charge in [0.1, 0.15) is 29.3 Å². The van der Waals surface area contributed by atoms with Gasteiger partial charge in [-0.15, -0.1) is 0 Å². The van der Waals surface area contributed by atoms with E-state index in [1.807, 2.05) is 90.5 Å². The highest BCUT2D eigenvalue weighted by molar-refractivity contribution is 5.97. The van der Waals surface area contributed by atoms with Crippen molar-refractivity contribution >= 4 is 46.7 Å². The molecule has 0 radical (unpaired) electrons. The molecule has 0 saturated carbocycles. The van der Waals surface area contributed by atoms with Gasteiger partial charge in [-0.2, -0.15) is 0 Å². The number of aromatic nitrogens is 1. The Labute approximate surface area is 338 Å². The minimum Gasteiger partial charge on any atom is -0.480 e. The van der Waals surface area contributed by atoms with E-state index in [1.54, 1.807) is 54.7 Å². The molecule has 0 aliphatic carbocycles. The van der Waals surface area contributed by atoms with E-state index in [-0.39, 0.29) is 11.5 Å². The van der Waals surface area contributed by atoms with Crippen LogP contribution in [0.1, 0.15) is 109 Å². The fourth-order valence-corrected chi connectivity index (χ4v) is 6.76. The molecule has 1 aromatic carbocycles. The van der Waals surface area contributed by atoms with Crippen LogP contribution in [0.2, 0.25) is 0 Å². The second kappa shape index (κ2) is 18.1. The van der Waals surface area contributed by atoms with Gasteiger partial charge in [0, 0.05) is 49.2 Å². The Hall–Kier alpha value is -4.88. The fraction of sp³-hybridized carbons (Fsp3) is 0.628. The highest BCUT2D eigenvalue weighted by Crippen LogP contribution is 2.37. The summed E-state index contributed by atoms with van der Waals surface area (Å²) < 4.78 is 12.9. The maximum atomic E-state index is 14.8. The van der Waals surface area contributed by atoms with Gasteiger partial charge in [-0.3, -0.25) is 24.1 Å². The fourth-order valence-electron chi connectivity index (χ4n) is 6.76. The number of fused-ring (bicyclic) bond motifs is 1. The lowest BCUT2D eigenvalue weighted by Crippen LogP contribution is -2.63. The van der Waals surface area contributed by atoms with Crippen molar-refractivity contribution in [2.45, 2.75) is 144 Å². The number of aryl methyl sites for hydroxylation is 1. The summed E-state index contributed by atoms with van der Waals surface area (Å²) >= 11 is 0. The molecule has 0 aliphatic rings. The zero-order chi connectivity index (χ0) is 44.2. The van der Waals surface area contributed by atoms with E-state index in [1.165, 1.54) is 23.8 Å². The van der Waals surface area contributed by atoms with Gasteiger partial charge in [-0.05, 0) is 71.4 Å². The topological polar surface area (TPSA) is 177 Å². The van der Waals surface area contributed by atoms with Gasteiger partial charge in [-0.25, -0.2) is 9.59 Å². The van der Waals surface area contributed by atoms with Gasteiger partial charge in [0.25, 0.3) is 0 Å². The minimum absolute atomic E-state index is 0.121. The zero-order valence-electron chi connectivity index (χ0n) is 37.1.